The molecule has 0 spiro atoms. The summed E-state index contributed by atoms with van der Waals surface area (Å²) in [4.78, 5) is 0. The number of hydrogen-bond donors (Lipinski definition) is 2. The first-order valence-electron chi connectivity index (χ1n) is 4.84. The highest BCUT2D eigenvalue weighted by molar-refractivity contribution is 5.13. The van der Waals surface area contributed by atoms with E-state index < -0.39 is 5.60 Å². The van der Waals surface area contributed by atoms with Gasteiger partial charge in [0.15, 0.2) is 0 Å². The zero-order valence-electron chi connectivity index (χ0n) is 7.88. The zero-order chi connectivity index (χ0) is 8.98. The monoisotopic (exact) mass is 170 g/mol. The van der Waals surface area contributed by atoms with E-state index in [1.165, 1.54) is 0 Å². The van der Waals surface area contributed by atoms with Crippen LogP contribution in [0.4, 0.5) is 0 Å². The van der Waals surface area contributed by atoms with Crippen molar-refractivity contribution in [1.29, 1.82) is 0 Å². The summed E-state index contributed by atoms with van der Waals surface area (Å²) in [6, 6.07) is 0. The van der Waals surface area contributed by atoms with Gasteiger partial charge < -0.3 is 10.2 Å². The van der Waals surface area contributed by atoms with Gasteiger partial charge in [-0.05, 0) is 36.5 Å². The van der Waals surface area contributed by atoms with Crippen molar-refractivity contribution in [3.8, 4) is 0 Å². The van der Waals surface area contributed by atoms with Gasteiger partial charge in [0, 0.05) is 6.61 Å². The van der Waals surface area contributed by atoms with Crippen molar-refractivity contribution in [3.05, 3.63) is 0 Å². The second-order valence-electron chi connectivity index (χ2n) is 5.05. The average molecular weight is 170 g/mol. The molecule has 0 radical (unpaired) electrons. The average Bonchev–Trinajstić information content (AvgIpc) is 2.04. The quantitative estimate of drug-likeness (QED) is 0.620. The molecule has 0 aliphatic heterocycles. The summed E-state index contributed by atoms with van der Waals surface area (Å²) in [6.07, 6.45) is 2.79. The second kappa shape index (κ2) is 2.24. The molecule has 0 heterocycles. The topological polar surface area (TPSA) is 40.5 Å². The molecule has 3 atom stereocenters. The van der Waals surface area contributed by atoms with Crippen LogP contribution in [0.25, 0.3) is 0 Å². The predicted octanol–water partition coefficient (Wildman–Crippen LogP) is 1.17. The number of aliphatic hydroxyl groups is 2. The van der Waals surface area contributed by atoms with Crippen molar-refractivity contribution in [1.82, 2.24) is 0 Å². The SMILES string of the molecule is CC1(C)[C@@H]2C[C@@]1(O)CC[C@H]2CO. The summed E-state index contributed by atoms with van der Waals surface area (Å²) in [5.41, 5.74) is -0.373. The summed E-state index contributed by atoms with van der Waals surface area (Å²) >= 11 is 0. The first-order chi connectivity index (χ1) is 5.51. The molecule has 70 valence electrons. The minimum atomic E-state index is -0.413. The Balaban J connectivity index is 2.18. The van der Waals surface area contributed by atoms with Gasteiger partial charge in [-0.2, -0.15) is 0 Å². The lowest BCUT2D eigenvalue weighted by Gasteiger charge is -2.65. The fourth-order valence-corrected chi connectivity index (χ4v) is 3.12. The van der Waals surface area contributed by atoms with Gasteiger partial charge in [-0.3, -0.25) is 0 Å². The molecule has 0 aromatic carbocycles. The summed E-state index contributed by atoms with van der Waals surface area (Å²) < 4.78 is 0. The molecule has 3 aliphatic carbocycles. The Morgan fingerprint density at radius 3 is 2.50 bits per heavy atom. The normalized spacial score (nSPS) is 50.0. The van der Waals surface area contributed by atoms with Crippen molar-refractivity contribution in [2.45, 2.75) is 38.7 Å². The van der Waals surface area contributed by atoms with Crippen LogP contribution in [0.3, 0.4) is 0 Å². The Morgan fingerprint density at radius 2 is 2.08 bits per heavy atom. The molecule has 12 heavy (non-hydrogen) atoms. The molecule has 2 heteroatoms. The van der Waals surface area contributed by atoms with Crippen LogP contribution in [0, 0.1) is 17.3 Å². The Morgan fingerprint density at radius 1 is 1.42 bits per heavy atom. The van der Waals surface area contributed by atoms with Crippen LogP contribution in [0.1, 0.15) is 33.1 Å². The lowest BCUT2D eigenvalue weighted by atomic mass is 9.43. The number of fused-ring (bicyclic) bond motifs is 2. The second-order valence-corrected chi connectivity index (χ2v) is 5.05. The molecule has 0 aromatic rings. The lowest BCUT2D eigenvalue weighted by molar-refractivity contribution is -0.247. The maximum absolute atomic E-state index is 10.1. The number of hydrogen-bond acceptors (Lipinski definition) is 2. The van der Waals surface area contributed by atoms with Crippen molar-refractivity contribution < 1.29 is 10.2 Å². The highest BCUT2D eigenvalue weighted by Gasteiger charge is 2.63. The lowest BCUT2D eigenvalue weighted by Crippen LogP contribution is -2.66. The molecule has 3 rings (SSSR count). The maximum Gasteiger partial charge on any atom is 0.0704 e. The van der Waals surface area contributed by atoms with E-state index in [0.29, 0.717) is 18.4 Å². The summed E-state index contributed by atoms with van der Waals surface area (Å²) in [6.45, 7) is 4.55. The van der Waals surface area contributed by atoms with Gasteiger partial charge in [-0.25, -0.2) is 0 Å². The molecule has 0 unspecified atom stereocenters. The predicted molar refractivity (Wildman–Crippen MR) is 46.6 cm³/mol. The largest absolute Gasteiger partial charge is 0.396 e. The van der Waals surface area contributed by atoms with Gasteiger partial charge in [0.2, 0.25) is 0 Å². The third-order valence-electron chi connectivity index (χ3n) is 4.42. The highest BCUT2D eigenvalue weighted by Crippen LogP contribution is 2.63. The highest BCUT2D eigenvalue weighted by atomic mass is 16.3. The molecule has 3 saturated carbocycles. The van der Waals surface area contributed by atoms with E-state index in [1.807, 2.05) is 0 Å². The van der Waals surface area contributed by atoms with Crippen molar-refractivity contribution in [2.24, 2.45) is 17.3 Å². The third kappa shape index (κ3) is 0.775. The molecule has 3 fully saturated rings. The molecule has 2 nitrogen and oxygen atoms in total. The van der Waals surface area contributed by atoms with E-state index in [0.717, 1.165) is 19.3 Å². The van der Waals surface area contributed by atoms with E-state index in [-0.39, 0.29) is 5.41 Å². The van der Waals surface area contributed by atoms with Crippen LogP contribution >= 0.6 is 0 Å². The van der Waals surface area contributed by atoms with E-state index in [2.05, 4.69) is 13.8 Å². The molecule has 2 N–H and O–H groups in total. The molecular weight excluding hydrogens is 152 g/mol. The van der Waals surface area contributed by atoms with E-state index >= 15 is 0 Å². The number of aliphatic hydroxyl groups excluding tert-OH is 1. The smallest absolute Gasteiger partial charge is 0.0704 e. The van der Waals surface area contributed by atoms with Crippen molar-refractivity contribution in [2.75, 3.05) is 6.61 Å². The van der Waals surface area contributed by atoms with Crippen LogP contribution in [0.15, 0.2) is 0 Å². The van der Waals surface area contributed by atoms with E-state index in [9.17, 15) is 5.11 Å². The van der Waals surface area contributed by atoms with Crippen LogP contribution < -0.4 is 0 Å². The first kappa shape index (κ1) is 8.52. The van der Waals surface area contributed by atoms with Crippen LogP contribution in [0.2, 0.25) is 0 Å². The zero-order valence-corrected chi connectivity index (χ0v) is 7.88. The third-order valence-corrected chi connectivity index (χ3v) is 4.42. The van der Waals surface area contributed by atoms with Gasteiger partial charge in [0.05, 0.1) is 5.60 Å². The minimum Gasteiger partial charge on any atom is -0.396 e. The Kier molecular flexibility index (Phi) is 1.59. The Bertz CT molecular complexity index is 196. The van der Waals surface area contributed by atoms with Gasteiger partial charge >= 0.3 is 0 Å². The molecule has 2 bridgehead atoms. The summed E-state index contributed by atoms with van der Waals surface area (Å²) in [5.74, 6) is 0.982. The first-order valence-corrected chi connectivity index (χ1v) is 4.84. The van der Waals surface area contributed by atoms with Gasteiger partial charge in [-0.1, -0.05) is 13.8 Å². The number of rotatable bonds is 1. The molecule has 0 amide bonds. The van der Waals surface area contributed by atoms with E-state index in [4.69, 9.17) is 5.11 Å². The summed E-state index contributed by atoms with van der Waals surface area (Å²) in [5, 5.41) is 19.2. The van der Waals surface area contributed by atoms with Crippen LogP contribution in [0.5, 0.6) is 0 Å². The molecular formula is C10H18O2. The Labute approximate surface area is 73.6 Å². The van der Waals surface area contributed by atoms with Crippen molar-refractivity contribution in [3.63, 3.8) is 0 Å². The van der Waals surface area contributed by atoms with Crippen LogP contribution in [-0.4, -0.2) is 22.4 Å². The summed E-state index contributed by atoms with van der Waals surface area (Å²) in [7, 11) is 0. The van der Waals surface area contributed by atoms with Crippen molar-refractivity contribution >= 4 is 0 Å². The van der Waals surface area contributed by atoms with Gasteiger partial charge in [0.1, 0.15) is 0 Å². The van der Waals surface area contributed by atoms with Crippen LogP contribution in [-0.2, 0) is 0 Å². The standard InChI is InChI=1S/C10H18O2/c1-9(2)8-5-10(9,12)4-3-7(8)6-11/h7-8,11-12H,3-6H2,1-2H3/t7-,8+,10-/m0/s1. The Hall–Kier alpha value is -0.0800. The fourth-order valence-electron chi connectivity index (χ4n) is 3.12. The van der Waals surface area contributed by atoms with Gasteiger partial charge in [-0.15, -0.1) is 0 Å². The maximum atomic E-state index is 10.1. The fraction of sp³-hybridized carbons (Fsp3) is 1.00. The molecule has 0 saturated heterocycles. The minimum absolute atomic E-state index is 0.0403. The molecule has 0 aromatic heterocycles. The van der Waals surface area contributed by atoms with Gasteiger partial charge in [0.25, 0.3) is 0 Å². The van der Waals surface area contributed by atoms with E-state index in [1.54, 1.807) is 0 Å². The molecule has 3 aliphatic rings.